The minimum atomic E-state index is -3.59. The Kier molecular flexibility index (Phi) is 8.28. The number of hydrogen-bond acceptors (Lipinski definition) is 6. The number of benzene rings is 3. The van der Waals surface area contributed by atoms with Crippen LogP contribution in [0.25, 0.3) is 0 Å². The fraction of sp³-hybridized carbons (Fsp3) is 0.345. The Morgan fingerprint density at radius 3 is 2.18 bits per heavy atom. The van der Waals surface area contributed by atoms with Crippen LogP contribution in [-0.2, 0) is 22.9 Å². The van der Waals surface area contributed by atoms with E-state index in [2.05, 4.69) is 6.92 Å². The minimum absolute atomic E-state index is 0.135. The van der Waals surface area contributed by atoms with Gasteiger partial charge in [0.1, 0.15) is 12.4 Å². The van der Waals surface area contributed by atoms with Crippen molar-refractivity contribution in [3.8, 4) is 17.2 Å². The molecule has 9 heteroatoms. The zero-order chi connectivity index (χ0) is 27.4. The molecule has 202 valence electrons. The molecule has 3 aromatic rings. The second-order valence-corrected chi connectivity index (χ2v) is 11.4. The summed E-state index contributed by atoms with van der Waals surface area (Å²) in [5.74, 6) is 1.74. The topological polar surface area (TPSA) is 85.4 Å². The van der Waals surface area contributed by atoms with E-state index in [1.165, 1.54) is 31.8 Å². The largest absolute Gasteiger partial charge is 0.493 e. The number of sulfonamides is 1. The summed E-state index contributed by atoms with van der Waals surface area (Å²) < 4.78 is 43.3. The van der Waals surface area contributed by atoms with Crippen LogP contribution >= 0.6 is 0 Å². The summed E-state index contributed by atoms with van der Waals surface area (Å²) in [5.41, 5.74) is 3.62. The lowest BCUT2D eigenvalue weighted by Crippen LogP contribution is -2.42. The van der Waals surface area contributed by atoms with E-state index in [9.17, 15) is 13.2 Å². The fourth-order valence-corrected chi connectivity index (χ4v) is 5.50. The molecule has 0 bridgehead atoms. The van der Waals surface area contributed by atoms with Crippen molar-refractivity contribution in [3.63, 3.8) is 0 Å². The van der Waals surface area contributed by atoms with Gasteiger partial charge in [-0.05, 0) is 78.1 Å². The molecule has 1 aliphatic heterocycles. The minimum Gasteiger partial charge on any atom is -0.493 e. The molecule has 0 aromatic heterocycles. The highest BCUT2D eigenvalue weighted by Gasteiger charge is 2.33. The molecule has 0 spiro atoms. The smallest absolute Gasteiger partial charge is 0.254 e. The summed E-state index contributed by atoms with van der Waals surface area (Å²) in [7, 11) is 2.54. The molecule has 0 saturated carbocycles. The van der Waals surface area contributed by atoms with E-state index < -0.39 is 10.0 Å². The van der Waals surface area contributed by atoms with Gasteiger partial charge in [-0.3, -0.25) is 4.79 Å². The lowest BCUT2D eigenvalue weighted by molar-refractivity contribution is 0.0589. The standard InChI is InChI=1S/C29H34N2O6S/c1-6-20-7-11-23(12-8-20)37-19-26-25-18-28(36-5)27(35-4)17-22(25)15-16-31(26)29(32)21-9-13-24(14-10-21)38(33,34)30(2)3/h7-14,17-18,26H,6,15-16,19H2,1-5H3/t26-/m0/s1. The van der Waals surface area contributed by atoms with Gasteiger partial charge in [0, 0.05) is 26.2 Å². The van der Waals surface area contributed by atoms with Crippen molar-refractivity contribution in [2.45, 2.75) is 30.7 Å². The van der Waals surface area contributed by atoms with Crippen molar-refractivity contribution in [2.24, 2.45) is 0 Å². The maximum Gasteiger partial charge on any atom is 0.254 e. The number of amides is 1. The average molecular weight is 539 g/mol. The second kappa shape index (κ2) is 11.4. The van der Waals surface area contributed by atoms with Crippen LogP contribution in [0.3, 0.4) is 0 Å². The number of rotatable bonds is 9. The Morgan fingerprint density at radius 2 is 1.61 bits per heavy atom. The molecule has 0 unspecified atom stereocenters. The van der Waals surface area contributed by atoms with E-state index in [-0.39, 0.29) is 23.5 Å². The van der Waals surface area contributed by atoms with E-state index in [1.54, 1.807) is 31.3 Å². The summed E-state index contributed by atoms with van der Waals surface area (Å²) in [6.07, 6.45) is 1.57. The van der Waals surface area contributed by atoms with Crippen molar-refractivity contribution in [1.82, 2.24) is 9.21 Å². The molecule has 38 heavy (non-hydrogen) atoms. The van der Waals surface area contributed by atoms with Crippen molar-refractivity contribution < 1.29 is 27.4 Å². The van der Waals surface area contributed by atoms with Crippen molar-refractivity contribution in [3.05, 3.63) is 82.9 Å². The highest BCUT2D eigenvalue weighted by atomic mass is 32.2. The Bertz CT molecular complexity index is 1390. The average Bonchev–Trinajstić information content (AvgIpc) is 2.94. The van der Waals surface area contributed by atoms with Gasteiger partial charge in [-0.1, -0.05) is 19.1 Å². The highest BCUT2D eigenvalue weighted by Crippen LogP contribution is 2.39. The normalized spacial score (nSPS) is 15.2. The number of methoxy groups -OCH3 is 2. The Hall–Kier alpha value is -3.56. The number of carbonyl (C=O) groups is 1. The number of carbonyl (C=O) groups excluding carboxylic acids is 1. The third-order valence-electron chi connectivity index (χ3n) is 6.88. The predicted octanol–water partition coefficient (Wildman–Crippen LogP) is 4.34. The molecule has 1 amide bonds. The lowest BCUT2D eigenvalue weighted by atomic mass is 9.91. The van der Waals surface area contributed by atoms with Crippen LogP contribution in [-0.4, -0.2) is 65.0 Å². The van der Waals surface area contributed by atoms with E-state index in [1.807, 2.05) is 36.4 Å². The van der Waals surface area contributed by atoms with E-state index in [0.717, 1.165) is 27.6 Å². The van der Waals surface area contributed by atoms with E-state index in [0.29, 0.717) is 30.0 Å². The van der Waals surface area contributed by atoms with Gasteiger partial charge in [-0.15, -0.1) is 0 Å². The van der Waals surface area contributed by atoms with Crippen molar-refractivity contribution in [1.29, 1.82) is 0 Å². The van der Waals surface area contributed by atoms with Crippen LogP contribution in [0.5, 0.6) is 17.2 Å². The highest BCUT2D eigenvalue weighted by molar-refractivity contribution is 7.89. The molecule has 0 aliphatic carbocycles. The van der Waals surface area contributed by atoms with Crippen LogP contribution in [0.2, 0.25) is 0 Å². The zero-order valence-corrected chi connectivity index (χ0v) is 23.2. The summed E-state index contributed by atoms with van der Waals surface area (Å²) in [6, 6.07) is 17.5. The first kappa shape index (κ1) is 27.5. The molecule has 8 nitrogen and oxygen atoms in total. The molecular formula is C29H34N2O6S. The molecule has 0 N–H and O–H groups in total. The first-order chi connectivity index (χ1) is 18.2. The Balaban J connectivity index is 1.67. The molecule has 0 saturated heterocycles. The quantitative estimate of drug-likeness (QED) is 0.403. The van der Waals surface area contributed by atoms with E-state index >= 15 is 0 Å². The van der Waals surface area contributed by atoms with Gasteiger partial charge in [0.05, 0.1) is 25.2 Å². The summed E-state index contributed by atoms with van der Waals surface area (Å²) >= 11 is 0. The molecule has 4 rings (SSSR count). The van der Waals surface area contributed by atoms with Crippen molar-refractivity contribution in [2.75, 3.05) is 41.5 Å². The van der Waals surface area contributed by atoms with Crippen LogP contribution in [0.15, 0.2) is 65.6 Å². The van der Waals surface area contributed by atoms with Gasteiger partial charge < -0.3 is 19.1 Å². The van der Waals surface area contributed by atoms with Gasteiger partial charge in [-0.25, -0.2) is 12.7 Å². The molecule has 1 heterocycles. The molecule has 1 aliphatic rings. The number of nitrogens with zero attached hydrogens (tertiary/aromatic N) is 2. The monoisotopic (exact) mass is 538 g/mol. The summed E-state index contributed by atoms with van der Waals surface area (Å²) in [6.45, 7) is 2.82. The Labute approximate surface area is 224 Å². The zero-order valence-electron chi connectivity index (χ0n) is 22.4. The second-order valence-electron chi connectivity index (χ2n) is 9.29. The van der Waals surface area contributed by atoms with Crippen LogP contribution in [0.1, 0.15) is 40.0 Å². The lowest BCUT2D eigenvalue weighted by Gasteiger charge is -2.37. The SMILES string of the molecule is CCc1ccc(OC[C@H]2c3cc(OC)c(OC)cc3CCN2C(=O)c2ccc(S(=O)(=O)N(C)C)cc2)cc1. The molecule has 3 aromatic carbocycles. The fourth-order valence-electron chi connectivity index (χ4n) is 4.59. The van der Waals surface area contributed by atoms with Gasteiger partial charge in [0.15, 0.2) is 11.5 Å². The number of aryl methyl sites for hydroxylation is 1. The Morgan fingerprint density at radius 1 is 0.974 bits per heavy atom. The number of hydrogen-bond donors (Lipinski definition) is 0. The first-order valence-corrected chi connectivity index (χ1v) is 13.9. The number of fused-ring (bicyclic) bond motifs is 1. The predicted molar refractivity (Wildman–Crippen MR) is 146 cm³/mol. The molecule has 1 atom stereocenters. The third-order valence-corrected chi connectivity index (χ3v) is 8.71. The van der Waals surface area contributed by atoms with Gasteiger partial charge in [0.25, 0.3) is 5.91 Å². The summed E-state index contributed by atoms with van der Waals surface area (Å²) in [4.78, 5) is 15.7. The van der Waals surface area contributed by atoms with Crippen LogP contribution < -0.4 is 14.2 Å². The summed E-state index contributed by atoms with van der Waals surface area (Å²) in [5, 5.41) is 0. The van der Waals surface area contributed by atoms with Gasteiger partial charge >= 0.3 is 0 Å². The van der Waals surface area contributed by atoms with Gasteiger partial charge in [0.2, 0.25) is 10.0 Å². The number of ether oxygens (including phenoxy) is 3. The van der Waals surface area contributed by atoms with Crippen LogP contribution in [0, 0.1) is 0 Å². The molecule has 0 fully saturated rings. The van der Waals surface area contributed by atoms with Crippen LogP contribution in [0.4, 0.5) is 0 Å². The maximum absolute atomic E-state index is 13.7. The molecular weight excluding hydrogens is 504 g/mol. The maximum atomic E-state index is 13.7. The first-order valence-electron chi connectivity index (χ1n) is 12.5. The van der Waals surface area contributed by atoms with Crippen molar-refractivity contribution >= 4 is 15.9 Å². The van der Waals surface area contributed by atoms with E-state index in [4.69, 9.17) is 14.2 Å². The molecule has 0 radical (unpaired) electrons. The van der Waals surface area contributed by atoms with Gasteiger partial charge in [-0.2, -0.15) is 0 Å². The third kappa shape index (κ3) is 5.49.